The van der Waals surface area contributed by atoms with E-state index < -0.39 is 0 Å². The molecule has 1 aliphatic heterocycles. The maximum Gasteiger partial charge on any atom is 0.293 e. The fourth-order valence-electron chi connectivity index (χ4n) is 5.19. The zero-order valence-electron chi connectivity index (χ0n) is 24.2. The highest BCUT2D eigenvalue weighted by molar-refractivity contribution is 6.32. The SMILES string of the molecule is CC.CCOc1cc2cc(Nc3nc(N4CCCCC4)ncc3Cl)ccc2n(C2CCCCC2)c1=O.CNC=O. The summed E-state index contributed by atoms with van der Waals surface area (Å²) in [5.41, 5.74) is 1.76. The van der Waals surface area contributed by atoms with Crippen LogP contribution in [-0.2, 0) is 4.79 Å². The molecule has 218 valence electrons. The Morgan fingerprint density at radius 3 is 2.40 bits per heavy atom. The van der Waals surface area contributed by atoms with E-state index in [2.05, 4.69) is 20.5 Å². The summed E-state index contributed by atoms with van der Waals surface area (Å²) >= 11 is 6.45. The van der Waals surface area contributed by atoms with Gasteiger partial charge in [-0.15, -0.1) is 0 Å². The van der Waals surface area contributed by atoms with Gasteiger partial charge in [0.15, 0.2) is 11.6 Å². The molecule has 1 amide bonds. The fraction of sp³-hybridized carbons (Fsp3) is 0.533. The van der Waals surface area contributed by atoms with Crippen molar-refractivity contribution in [3.63, 3.8) is 0 Å². The van der Waals surface area contributed by atoms with E-state index in [1.54, 1.807) is 13.2 Å². The molecule has 1 saturated carbocycles. The number of anilines is 3. The minimum atomic E-state index is -0.0352. The normalized spacial score (nSPS) is 15.3. The second-order valence-electron chi connectivity index (χ2n) is 9.63. The topological polar surface area (TPSA) is 101 Å². The van der Waals surface area contributed by atoms with Gasteiger partial charge >= 0.3 is 0 Å². The molecule has 0 bridgehead atoms. The number of fused-ring (bicyclic) bond motifs is 1. The van der Waals surface area contributed by atoms with Crippen molar-refractivity contribution in [3.8, 4) is 5.75 Å². The molecule has 0 atom stereocenters. The van der Waals surface area contributed by atoms with E-state index in [1.165, 1.54) is 12.8 Å². The first kappa shape index (κ1) is 31.2. The van der Waals surface area contributed by atoms with Gasteiger partial charge < -0.3 is 24.8 Å². The lowest BCUT2D eigenvalue weighted by atomic mass is 9.94. The maximum atomic E-state index is 13.3. The van der Waals surface area contributed by atoms with Crippen molar-refractivity contribution in [1.82, 2.24) is 19.9 Å². The van der Waals surface area contributed by atoms with E-state index >= 15 is 0 Å². The molecular formula is C30H43ClN6O3. The molecule has 2 fully saturated rings. The molecule has 2 aromatic heterocycles. The summed E-state index contributed by atoms with van der Waals surface area (Å²) in [5, 5.41) is 7.05. The highest BCUT2D eigenvalue weighted by atomic mass is 35.5. The lowest BCUT2D eigenvalue weighted by Crippen LogP contribution is -2.31. The monoisotopic (exact) mass is 570 g/mol. The van der Waals surface area contributed by atoms with E-state index in [0.29, 0.717) is 35.6 Å². The number of carbonyl (C=O) groups excluding carboxylic acids is 1. The third-order valence-electron chi connectivity index (χ3n) is 6.99. The van der Waals surface area contributed by atoms with Crippen LogP contribution in [-0.4, -0.2) is 47.7 Å². The summed E-state index contributed by atoms with van der Waals surface area (Å²) in [4.78, 5) is 33.7. The first-order valence-corrected chi connectivity index (χ1v) is 14.9. The van der Waals surface area contributed by atoms with E-state index in [1.807, 2.05) is 49.6 Å². The van der Waals surface area contributed by atoms with Crippen LogP contribution in [0.25, 0.3) is 10.9 Å². The second-order valence-corrected chi connectivity index (χ2v) is 10.0. The minimum absolute atomic E-state index is 0.0352. The predicted octanol–water partition coefficient (Wildman–Crippen LogP) is 6.47. The molecular weight excluding hydrogens is 528 g/mol. The molecule has 10 heteroatoms. The van der Waals surface area contributed by atoms with Gasteiger partial charge in [0.2, 0.25) is 12.4 Å². The highest BCUT2D eigenvalue weighted by Gasteiger charge is 2.21. The number of halogens is 1. The number of rotatable bonds is 7. The van der Waals surface area contributed by atoms with Gasteiger partial charge in [-0.2, -0.15) is 4.98 Å². The van der Waals surface area contributed by atoms with Crippen LogP contribution in [0.3, 0.4) is 0 Å². The second kappa shape index (κ2) is 16.1. The Morgan fingerprint density at radius 2 is 1.75 bits per heavy atom. The number of benzene rings is 1. The summed E-state index contributed by atoms with van der Waals surface area (Å²) < 4.78 is 7.69. The molecule has 0 radical (unpaired) electrons. The summed E-state index contributed by atoms with van der Waals surface area (Å²) in [5.74, 6) is 1.70. The predicted molar refractivity (Wildman–Crippen MR) is 164 cm³/mol. The average molecular weight is 571 g/mol. The molecule has 9 nitrogen and oxygen atoms in total. The number of hydrogen-bond acceptors (Lipinski definition) is 7. The molecule has 40 heavy (non-hydrogen) atoms. The van der Waals surface area contributed by atoms with Crippen molar-refractivity contribution in [2.75, 3.05) is 37.0 Å². The maximum absolute atomic E-state index is 13.3. The smallest absolute Gasteiger partial charge is 0.293 e. The summed E-state index contributed by atoms with van der Waals surface area (Å²) in [6, 6.07) is 8.11. The third-order valence-corrected chi connectivity index (χ3v) is 7.27. The lowest BCUT2D eigenvalue weighted by Gasteiger charge is -2.27. The van der Waals surface area contributed by atoms with Crippen molar-refractivity contribution < 1.29 is 9.53 Å². The number of aromatic nitrogens is 3. The number of hydrogen-bond donors (Lipinski definition) is 2. The Bertz CT molecular complexity index is 1290. The van der Waals surface area contributed by atoms with Crippen LogP contribution < -0.4 is 25.8 Å². The standard InChI is InChI=1S/C26H32ClN5O2.C2H5NO.C2H6/c1-2-34-23-16-18-15-19(11-12-22(18)32(25(23)33)20-9-5-3-6-10-20)29-24-21(27)17-28-26(30-24)31-13-7-4-8-14-31;1-3-2-4;1-2/h11-12,15-17,20H,2-10,13-14H2,1H3,(H,28,29,30);2H,1H3,(H,3,4);1-2H3. The van der Waals surface area contributed by atoms with Crippen molar-refractivity contribution in [2.45, 2.75) is 78.2 Å². The average Bonchev–Trinajstić information content (AvgIpc) is 3.01. The number of nitrogens with zero attached hydrogens (tertiary/aromatic N) is 4. The van der Waals surface area contributed by atoms with Gasteiger partial charge in [-0.25, -0.2) is 4.98 Å². The molecule has 5 rings (SSSR count). The van der Waals surface area contributed by atoms with E-state index in [4.69, 9.17) is 26.1 Å². The van der Waals surface area contributed by atoms with E-state index in [-0.39, 0.29) is 11.6 Å². The van der Waals surface area contributed by atoms with E-state index in [9.17, 15) is 4.79 Å². The zero-order valence-corrected chi connectivity index (χ0v) is 25.0. The van der Waals surface area contributed by atoms with Crippen molar-refractivity contribution in [2.24, 2.45) is 0 Å². The number of piperidine rings is 1. The van der Waals surface area contributed by atoms with Crippen molar-refractivity contribution >= 4 is 46.4 Å². The third kappa shape index (κ3) is 7.87. The Hall–Kier alpha value is -3.33. The fourth-order valence-corrected chi connectivity index (χ4v) is 5.33. The van der Waals surface area contributed by atoms with Gasteiger partial charge in [-0.3, -0.25) is 9.59 Å². The molecule has 0 unspecified atom stereocenters. The number of carbonyl (C=O) groups is 1. The quantitative estimate of drug-likeness (QED) is 0.314. The lowest BCUT2D eigenvalue weighted by molar-refractivity contribution is -0.109. The van der Waals surface area contributed by atoms with Crippen LogP contribution in [0, 0.1) is 0 Å². The summed E-state index contributed by atoms with van der Waals surface area (Å²) in [6.45, 7) is 8.30. The molecule has 1 aliphatic carbocycles. The first-order chi connectivity index (χ1) is 19.5. The van der Waals surface area contributed by atoms with Gasteiger partial charge in [0.1, 0.15) is 5.02 Å². The number of nitrogens with one attached hydrogen (secondary N) is 2. The molecule has 1 aromatic carbocycles. The molecule has 1 saturated heterocycles. The minimum Gasteiger partial charge on any atom is -0.488 e. The number of amides is 1. The highest BCUT2D eigenvalue weighted by Crippen LogP contribution is 2.33. The van der Waals surface area contributed by atoms with Gasteiger partial charge in [-0.05, 0) is 63.3 Å². The van der Waals surface area contributed by atoms with Gasteiger partial charge in [0.05, 0.1) is 18.3 Å². The Morgan fingerprint density at radius 1 is 1.07 bits per heavy atom. The molecule has 3 aromatic rings. The molecule has 2 aliphatic rings. The van der Waals surface area contributed by atoms with Crippen LogP contribution in [0.4, 0.5) is 17.5 Å². The number of ether oxygens (including phenoxy) is 1. The van der Waals surface area contributed by atoms with Crippen LogP contribution in [0.5, 0.6) is 5.75 Å². The summed E-state index contributed by atoms with van der Waals surface area (Å²) in [6.07, 6.45) is 11.5. The van der Waals surface area contributed by atoms with Gasteiger partial charge in [0, 0.05) is 37.3 Å². The zero-order chi connectivity index (χ0) is 28.9. The van der Waals surface area contributed by atoms with Gasteiger partial charge in [0.25, 0.3) is 5.56 Å². The van der Waals surface area contributed by atoms with E-state index in [0.717, 1.165) is 68.2 Å². The van der Waals surface area contributed by atoms with Crippen LogP contribution in [0.1, 0.15) is 78.2 Å². The largest absolute Gasteiger partial charge is 0.488 e. The Kier molecular flexibility index (Phi) is 12.5. The Labute approximate surface area is 242 Å². The summed E-state index contributed by atoms with van der Waals surface area (Å²) in [7, 11) is 1.56. The van der Waals surface area contributed by atoms with Gasteiger partial charge in [-0.1, -0.05) is 44.7 Å². The van der Waals surface area contributed by atoms with Crippen LogP contribution >= 0.6 is 11.6 Å². The van der Waals surface area contributed by atoms with Crippen LogP contribution in [0.15, 0.2) is 35.3 Å². The van der Waals surface area contributed by atoms with Crippen LogP contribution in [0.2, 0.25) is 5.02 Å². The number of pyridine rings is 1. The molecule has 2 N–H and O–H groups in total. The van der Waals surface area contributed by atoms with Crippen molar-refractivity contribution in [3.05, 3.63) is 45.8 Å². The molecule has 0 spiro atoms. The Balaban J connectivity index is 0.000000677. The molecule has 3 heterocycles. The van der Waals surface area contributed by atoms with Crippen molar-refractivity contribution in [1.29, 1.82) is 0 Å². The first-order valence-electron chi connectivity index (χ1n) is 14.5.